The maximum atomic E-state index is 12.7. The van der Waals surface area contributed by atoms with Gasteiger partial charge in [0.15, 0.2) is 0 Å². The first-order valence-corrected chi connectivity index (χ1v) is 8.77. The quantitative estimate of drug-likeness (QED) is 0.313. The third kappa shape index (κ3) is 4.40. The van der Waals surface area contributed by atoms with Crippen molar-refractivity contribution in [1.29, 1.82) is 5.26 Å². The van der Waals surface area contributed by atoms with Crippen LogP contribution in [0.2, 0.25) is 10.0 Å². The molecular formula is C21H14Cl2N2O2. The van der Waals surface area contributed by atoms with E-state index in [1.807, 2.05) is 6.07 Å². The molecule has 0 radical (unpaired) electrons. The van der Waals surface area contributed by atoms with Gasteiger partial charge in [0.2, 0.25) is 5.78 Å². The minimum atomic E-state index is -0.416. The van der Waals surface area contributed by atoms with Gasteiger partial charge in [-0.25, -0.2) is 0 Å². The van der Waals surface area contributed by atoms with E-state index in [0.29, 0.717) is 32.8 Å². The second-order valence-corrected chi connectivity index (χ2v) is 6.61. The van der Waals surface area contributed by atoms with Crippen molar-refractivity contribution in [3.63, 3.8) is 0 Å². The van der Waals surface area contributed by atoms with Crippen molar-refractivity contribution in [2.45, 2.75) is 6.92 Å². The number of ketones is 1. The summed E-state index contributed by atoms with van der Waals surface area (Å²) in [5.74, 6) is 0.563. The van der Waals surface area contributed by atoms with E-state index in [0.717, 1.165) is 5.56 Å². The van der Waals surface area contributed by atoms with E-state index in [-0.39, 0.29) is 5.57 Å². The Morgan fingerprint density at radius 1 is 1.07 bits per heavy atom. The molecule has 1 heterocycles. The summed E-state index contributed by atoms with van der Waals surface area (Å²) in [6, 6.07) is 17.6. The zero-order valence-electron chi connectivity index (χ0n) is 14.3. The van der Waals surface area contributed by atoms with Crippen LogP contribution in [0.5, 0.6) is 0 Å². The van der Waals surface area contributed by atoms with Gasteiger partial charge in [-0.3, -0.25) is 4.79 Å². The van der Waals surface area contributed by atoms with Crippen LogP contribution in [0, 0.1) is 18.3 Å². The molecule has 3 aromatic rings. The molecule has 0 aliphatic carbocycles. The molecule has 1 N–H and O–H groups in total. The van der Waals surface area contributed by atoms with Crippen LogP contribution in [0.4, 0.5) is 5.69 Å². The van der Waals surface area contributed by atoms with E-state index >= 15 is 0 Å². The number of hydrogen-bond acceptors (Lipinski definition) is 4. The van der Waals surface area contributed by atoms with Crippen LogP contribution in [0.1, 0.15) is 16.1 Å². The molecule has 6 heteroatoms. The topological polar surface area (TPSA) is 66.0 Å². The average molecular weight is 397 g/mol. The first-order chi connectivity index (χ1) is 13.0. The molecule has 3 rings (SSSR count). The zero-order chi connectivity index (χ0) is 19.4. The number of hydrogen-bond donors (Lipinski definition) is 1. The fraction of sp³-hybridized carbons (Fsp3) is 0.0476. The van der Waals surface area contributed by atoms with Crippen LogP contribution in [0.25, 0.3) is 11.3 Å². The molecule has 0 atom stereocenters. The first kappa shape index (κ1) is 18.8. The van der Waals surface area contributed by atoms with Gasteiger partial charge in [0, 0.05) is 27.5 Å². The Morgan fingerprint density at radius 2 is 1.67 bits per heavy atom. The molecule has 0 bridgehead atoms. The number of carbonyl (C=O) groups is 1. The number of anilines is 1. The zero-order valence-corrected chi connectivity index (χ0v) is 15.8. The summed E-state index contributed by atoms with van der Waals surface area (Å²) in [7, 11) is 0. The normalized spacial score (nSPS) is 11.1. The number of carbonyl (C=O) groups excluding carboxylic acids is 1. The van der Waals surface area contributed by atoms with Crippen molar-refractivity contribution in [2.24, 2.45) is 0 Å². The highest BCUT2D eigenvalue weighted by Crippen LogP contribution is 2.28. The van der Waals surface area contributed by atoms with Gasteiger partial charge < -0.3 is 9.73 Å². The number of allylic oxidation sites excluding steroid dienone is 1. The van der Waals surface area contributed by atoms with E-state index in [2.05, 4.69) is 5.32 Å². The van der Waals surface area contributed by atoms with Crippen LogP contribution in [0.15, 0.2) is 70.8 Å². The number of benzene rings is 2. The van der Waals surface area contributed by atoms with E-state index in [9.17, 15) is 10.1 Å². The number of halogens is 2. The van der Waals surface area contributed by atoms with Gasteiger partial charge in [0.25, 0.3) is 0 Å². The third-order valence-electron chi connectivity index (χ3n) is 3.88. The fourth-order valence-electron chi connectivity index (χ4n) is 2.46. The van der Waals surface area contributed by atoms with Gasteiger partial charge >= 0.3 is 0 Å². The summed E-state index contributed by atoms with van der Waals surface area (Å²) in [4.78, 5) is 12.7. The maximum absolute atomic E-state index is 12.7. The Balaban J connectivity index is 1.85. The number of aryl methyl sites for hydroxylation is 1. The van der Waals surface area contributed by atoms with E-state index in [1.165, 1.54) is 6.20 Å². The highest BCUT2D eigenvalue weighted by Gasteiger charge is 2.19. The number of rotatable bonds is 5. The van der Waals surface area contributed by atoms with Gasteiger partial charge in [0.1, 0.15) is 23.2 Å². The lowest BCUT2D eigenvalue weighted by Gasteiger charge is -2.02. The summed E-state index contributed by atoms with van der Waals surface area (Å²) < 4.78 is 5.70. The van der Waals surface area contributed by atoms with Crippen LogP contribution in [-0.2, 0) is 0 Å². The molecule has 0 saturated heterocycles. The first-order valence-electron chi connectivity index (χ1n) is 8.01. The standard InChI is InChI=1S/C21H14Cl2N2O2/c1-13-19(10-20(27-13)14-2-4-16(22)5-3-14)21(26)15(11-24)12-25-18-8-6-17(23)7-9-18/h2-10,12,25H,1H3/b15-12-. The highest BCUT2D eigenvalue weighted by atomic mass is 35.5. The van der Waals surface area contributed by atoms with Crippen molar-refractivity contribution >= 4 is 34.7 Å². The van der Waals surface area contributed by atoms with E-state index in [4.69, 9.17) is 27.6 Å². The van der Waals surface area contributed by atoms with Crippen molar-refractivity contribution < 1.29 is 9.21 Å². The second-order valence-electron chi connectivity index (χ2n) is 5.74. The number of nitriles is 1. The fourth-order valence-corrected chi connectivity index (χ4v) is 2.71. The summed E-state index contributed by atoms with van der Waals surface area (Å²) in [6.07, 6.45) is 1.37. The number of Topliss-reactive ketones (excluding diaryl/α,β-unsaturated/α-hetero) is 1. The summed E-state index contributed by atoms with van der Waals surface area (Å²) in [5, 5.41) is 13.5. The molecule has 0 spiro atoms. The predicted molar refractivity (Wildman–Crippen MR) is 107 cm³/mol. The molecule has 27 heavy (non-hydrogen) atoms. The summed E-state index contributed by atoms with van der Waals surface area (Å²) in [5.41, 5.74) is 1.82. The van der Waals surface area contributed by atoms with Gasteiger partial charge in [-0.2, -0.15) is 5.26 Å². The molecule has 134 valence electrons. The van der Waals surface area contributed by atoms with Crippen LogP contribution in [-0.4, -0.2) is 5.78 Å². The SMILES string of the molecule is Cc1oc(-c2ccc(Cl)cc2)cc1C(=O)/C(C#N)=C\Nc1ccc(Cl)cc1. The Hall–Kier alpha value is -3.00. The monoisotopic (exact) mass is 396 g/mol. The molecule has 2 aromatic carbocycles. The molecule has 1 aromatic heterocycles. The lowest BCUT2D eigenvalue weighted by atomic mass is 10.0. The Labute approximate surface area is 166 Å². The van der Waals surface area contributed by atoms with Crippen molar-refractivity contribution in [3.05, 3.63) is 87.7 Å². The van der Waals surface area contributed by atoms with Crippen LogP contribution < -0.4 is 5.32 Å². The lowest BCUT2D eigenvalue weighted by molar-refractivity contribution is 0.103. The van der Waals surface area contributed by atoms with Crippen LogP contribution >= 0.6 is 23.2 Å². The lowest BCUT2D eigenvalue weighted by Crippen LogP contribution is -2.04. The highest BCUT2D eigenvalue weighted by molar-refractivity contribution is 6.30. The molecule has 0 amide bonds. The molecule has 0 unspecified atom stereocenters. The van der Waals surface area contributed by atoms with Gasteiger partial charge in [0.05, 0.1) is 5.56 Å². The molecule has 0 saturated carbocycles. The number of nitrogens with zero attached hydrogens (tertiary/aromatic N) is 1. The Bertz CT molecular complexity index is 1040. The molecule has 0 fully saturated rings. The average Bonchev–Trinajstić information content (AvgIpc) is 3.05. The second kappa shape index (κ2) is 8.13. The van der Waals surface area contributed by atoms with Crippen molar-refractivity contribution in [3.8, 4) is 17.4 Å². The van der Waals surface area contributed by atoms with Crippen molar-refractivity contribution in [1.82, 2.24) is 0 Å². The summed E-state index contributed by atoms with van der Waals surface area (Å²) >= 11 is 11.7. The van der Waals surface area contributed by atoms with Crippen molar-refractivity contribution in [2.75, 3.05) is 5.32 Å². The third-order valence-corrected chi connectivity index (χ3v) is 4.39. The minimum Gasteiger partial charge on any atom is -0.461 e. The predicted octanol–water partition coefficient (Wildman–Crippen LogP) is 6.26. The number of furan rings is 1. The smallest absolute Gasteiger partial charge is 0.208 e. The summed E-state index contributed by atoms with van der Waals surface area (Å²) in [6.45, 7) is 1.69. The number of nitrogens with one attached hydrogen (secondary N) is 1. The Kier molecular flexibility index (Phi) is 5.66. The molecular weight excluding hydrogens is 383 g/mol. The van der Waals surface area contributed by atoms with Crippen LogP contribution in [0.3, 0.4) is 0 Å². The molecule has 4 nitrogen and oxygen atoms in total. The van der Waals surface area contributed by atoms with Gasteiger partial charge in [-0.1, -0.05) is 23.2 Å². The van der Waals surface area contributed by atoms with E-state index in [1.54, 1.807) is 61.5 Å². The van der Waals surface area contributed by atoms with E-state index < -0.39 is 5.78 Å². The Morgan fingerprint density at radius 3 is 2.26 bits per heavy atom. The molecule has 0 aliphatic rings. The largest absolute Gasteiger partial charge is 0.461 e. The maximum Gasteiger partial charge on any atom is 0.208 e. The molecule has 0 aliphatic heterocycles. The minimum absolute atomic E-state index is 0.0310. The van der Waals surface area contributed by atoms with Gasteiger partial charge in [-0.15, -0.1) is 0 Å². The van der Waals surface area contributed by atoms with Gasteiger partial charge in [-0.05, 0) is 61.5 Å².